The van der Waals surface area contributed by atoms with Crippen LogP contribution in [0, 0.1) is 0 Å². The van der Waals surface area contributed by atoms with Crippen molar-refractivity contribution in [3.8, 4) is 11.5 Å². The summed E-state index contributed by atoms with van der Waals surface area (Å²) in [4.78, 5) is 0. The lowest BCUT2D eigenvalue weighted by atomic mass is 10.1. The largest absolute Gasteiger partial charge is 0.493 e. The topological polar surface area (TPSA) is 18.5 Å². The normalized spacial score (nSPS) is 10.2. The first-order valence-corrected chi connectivity index (χ1v) is 6.21. The van der Waals surface area contributed by atoms with Gasteiger partial charge in [0.05, 0.1) is 13.7 Å². The average molecular weight is 243 g/mol. The van der Waals surface area contributed by atoms with E-state index in [-0.39, 0.29) is 0 Å². The molecule has 1 rings (SSSR count). The second kappa shape index (κ2) is 7.39. The third kappa shape index (κ3) is 3.93. The lowest BCUT2D eigenvalue weighted by Crippen LogP contribution is -2.00. The number of hydrogen-bond donors (Lipinski definition) is 0. The summed E-state index contributed by atoms with van der Waals surface area (Å²) in [6.45, 7) is 2.81. The fraction of sp³-hybridized carbons (Fsp3) is 0.538. The smallest absolute Gasteiger partial charge is 0.161 e. The molecular formula is C13H19ClO2. The minimum absolute atomic E-state index is 0.689. The molecule has 0 fully saturated rings. The van der Waals surface area contributed by atoms with Crippen molar-refractivity contribution in [1.82, 2.24) is 0 Å². The summed E-state index contributed by atoms with van der Waals surface area (Å²) in [5.41, 5.74) is 1.25. The molecule has 1 aromatic carbocycles. The molecule has 0 bridgehead atoms. The van der Waals surface area contributed by atoms with Crippen molar-refractivity contribution >= 4 is 11.6 Å². The fourth-order valence-corrected chi connectivity index (χ4v) is 1.62. The predicted octanol–water partition coefficient (Wildman–Crippen LogP) is 3.66. The summed E-state index contributed by atoms with van der Waals surface area (Å²) < 4.78 is 10.9. The van der Waals surface area contributed by atoms with Gasteiger partial charge < -0.3 is 9.47 Å². The molecule has 2 nitrogen and oxygen atoms in total. The molecule has 0 radical (unpaired) electrons. The van der Waals surface area contributed by atoms with Crippen LogP contribution < -0.4 is 9.47 Å². The average Bonchev–Trinajstić information content (AvgIpc) is 2.34. The van der Waals surface area contributed by atoms with Gasteiger partial charge in [-0.3, -0.25) is 0 Å². The van der Waals surface area contributed by atoms with E-state index in [9.17, 15) is 0 Å². The maximum atomic E-state index is 5.65. The molecule has 0 heterocycles. The van der Waals surface area contributed by atoms with Crippen molar-refractivity contribution < 1.29 is 9.47 Å². The first-order valence-electron chi connectivity index (χ1n) is 5.67. The van der Waals surface area contributed by atoms with Gasteiger partial charge in [-0.2, -0.15) is 0 Å². The molecule has 0 saturated heterocycles. The summed E-state index contributed by atoms with van der Waals surface area (Å²) >= 11 is 5.60. The quantitative estimate of drug-likeness (QED) is 0.537. The van der Waals surface area contributed by atoms with Crippen LogP contribution >= 0.6 is 11.6 Å². The highest BCUT2D eigenvalue weighted by Gasteiger charge is 2.04. The highest BCUT2D eigenvalue weighted by Crippen LogP contribution is 2.28. The Morgan fingerprint density at radius 1 is 1.19 bits per heavy atom. The van der Waals surface area contributed by atoms with Crippen molar-refractivity contribution in [1.29, 1.82) is 0 Å². The first kappa shape index (κ1) is 13.2. The molecule has 0 aliphatic carbocycles. The van der Waals surface area contributed by atoms with E-state index < -0.39 is 0 Å². The van der Waals surface area contributed by atoms with Gasteiger partial charge in [0.15, 0.2) is 11.5 Å². The Balaban J connectivity index is 2.57. The molecular weight excluding hydrogens is 224 g/mol. The minimum Gasteiger partial charge on any atom is -0.493 e. The van der Waals surface area contributed by atoms with Gasteiger partial charge in [0.2, 0.25) is 0 Å². The Kier molecular flexibility index (Phi) is 6.09. The maximum absolute atomic E-state index is 5.65. The number of ether oxygens (including phenoxy) is 2. The van der Waals surface area contributed by atoms with Crippen molar-refractivity contribution in [2.75, 3.05) is 19.6 Å². The van der Waals surface area contributed by atoms with Gasteiger partial charge in [-0.15, -0.1) is 11.6 Å². The van der Waals surface area contributed by atoms with Crippen LogP contribution in [0.5, 0.6) is 11.5 Å². The van der Waals surface area contributed by atoms with Crippen LogP contribution in [0.25, 0.3) is 0 Å². The van der Waals surface area contributed by atoms with Gasteiger partial charge in [-0.05, 0) is 37.0 Å². The van der Waals surface area contributed by atoms with Crippen molar-refractivity contribution in [2.45, 2.75) is 26.2 Å². The number of unbranched alkanes of at least 4 members (excludes halogenated alkanes) is 1. The molecule has 0 saturated carbocycles. The van der Waals surface area contributed by atoms with Crippen LogP contribution in [0.2, 0.25) is 0 Å². The monoisotopic (exact) mass is 242 g/mol. The number of halogens is 1. The highest BCUT2D eigenvalue weighted by atomic mass is 35.5. The van der Waals surface area contributed by atoms with Crippen LogP contribution in [-0.4, -0.2) is 19.6 Å². The van der Waals surface area contributed by atoms with E-state index in [0.29, 0.717) is 12.5 Å². The standard InChI is InChI=1S/C13H19ClO2/c1-3-11-6-7-12(13(10-11)15-2)16-9-5-4-8-14/h6-7,10H,3-5,8-9H2,1-2H3. The lowest BCUT2D eigenvalue weighted by molar-refractivity contribution is 0.288. The number of alkyl halides is 1. The second-order valence-electron chi connectivity index (χ2n) is 3.58. The molecule has 1 aromatic rings. The number of rotatable bonds is 7. The zero-order chi connectivity index (χ0) is 11.8. The van der Waals surface area contributed by atoms with E-state index in [0.717, 1.165) is 30.8 Å². The molecule has 90 valence electrons. The maximum Gasteiger partial charge on any atom is 0.161 e. The molecule has 0 spiro atoms. The van der Waals surface area contributed by atoms with Gasteiger partial charge in [0, 0.05) is 5.88 Å². The number of benzene rings is 1. The van der Waals surface area contributed by atoms with Gasteiger partial charge in [-0.25, -0.2) is 0 Å². The van der Waals surface area contributed by atoms with Crippen molar-refractivity contribution in [3.05, 3.63) is 23.8 Å². The molecule has 0 aliphatic rings. The van der Waals surface area contributed by atoms with E-state index in [4.69, 9.17) is 21.1 Å². The Morgan fingerprint density at radius 3 is 2.62 bits per heavy atom. The summed E-state index contributed by atoms with van der Waals surface area (Å²) in [7, 11) is 1.67. The Hall–Kier alpha value is -0.890. The van der Waals surface area contributed by atoms with E-state index >= 15 is 0 Å². The number of methoxy groups -OCH3 is 1. The van der Waals surface area contributed by atoms with E-state index in [1.165, 1.54) is 5.56 Å². The molecule has 0 aliphatic heterocycles. The molecule has 3 heteroatoms. The third-order valence-electron chi connectivity index (χ3n) is 2.42. The third-order valence-corrected chi connectivity index (χ3v) is 2.69. The number of aryl methyl sites for hydroxylation is 1. The summed E-state index contributed by atoms with van der Waals surface area (Å²) in [5.74, 6) is 2.31. The molecule has 0 aromatic heterocycles. The summed E-state index contributed by atoms with van der Waals surface area (Å²) in [6.07, 6.45) is 2.96. The van der Waals surface area contributed by atoms with Crippen LogP contribution in [0.1, 0.15) is 25.3 Å². The zero-order valence-electron chi connectivity index (χ0n) is 9.96. The van der Waals surface area contributed by atoms with Gasteiger partial charge in [0.25, 0.3) is 0 Å². The summed E-state index contributed by atoms with van der Waals surface area (Å²) in [6, 6.07) is 6.06. The summed E-state index contributed by atoms with van der Waals surface area (Å²) in [5, 5.41) is 0. The van der Waals surface area contributed by atoms with E-state index in [2.05, 4.69) is 13.0 Å². The number of hydrogen-bond acceptors (Lipinski definition) is 2. The SMILES string of the molecule is CCc1ccc(OCCCCCl)c(OC)c1. The zero-order valence-corrected chi connectivity index (χ0v) is 10.7. The van der Waals surface area contributed by atoms with E-state index in [1.54, 1.807) is 7.11 Å². The van der Waals surface area contributed by atoms with Crippen LogP contribution in [0.15, 0.2) is 18.2 Å². The van der Waals surface area contributed by atoms with Crippen LogP contribution in [0.4, 0.5) is 0 Å². The molecule has 0 N–H and O–H groups in total. The van der Waals surface area contributed by atoms with Crippen LogP contribution in [0.3, 0.4) is 0 Å². The molecule has 0 atom stereocenters. The molecule has 0 unspecified atom stereocenters. The van der Waals surface area contributed by atoms with Crippen molar-refractivity contribution in [2.24, 2.45) is 0 Å². The molecule has 0 amide bonds. The van der Waals surface area contributed by atoms with Crippen LogP contribution in [-0.2, 0) is 6.42 Å². The van der Waals surface area contributed by atoms with Gasteiger partial charge >= 0.3 is 0 Å². The van der Waals surface area contributed by atoms with E-state index in [1.807, 2.05) is 12.1 Å². The second-order valence-corrected chi connectivity index (χ2v) is 3.96. The minimum atomic E-state index is 0.689. The highest BCUT2D eigenvalue weighted by molar-refractivity contribution is 6.17. The molecule has 16 heavy (non-hydrogen) atoms. The Morgan fingerprint density at radius 2 is 2.00 bits per heavy atom. The van der Waals surface area contributed by atoms with Crippen molar-refractivity contribution in [3.63, 3.8) is 0 Å². The Labute approximate surface area is 103 Å². The van der Waals surface area contributed by atoms with Gasteiger partial charge in [0.1, 0.15) is 0 Å². The Bertz CT molecular complexity index is 313. The fourth-order valence-electron chi connectivity index (χ4n) is 1.43. The van der Waals surface area contributed by atoms with Gasteiger partial charge in [-0.1, -0.05) is 13.0 Å². The lowest BCUT2D eigenvalue weighted by Gasteiger charge is -2.11. The first-order chi connectivity index (χ1) is 7.81. The predicted molar refractivity (Wildman–Crippen MR) is 67.8 cm³/mol.